The van der Waals surface area contributed by atoms with E-state index in [1.165, 1.54) is 0 Å². The Bertz CT molecular complexity index is 1280. The predicted molar refractivity (Wildman–Crippen MR) is 125 cm³/mol. The third kappa shape index (κ3) is 3.69. The van der Waals surface area contributed by atoms with Crippen molar-refractivity contribution in [1.82, 2.24) is 4.57 Å². The number of ether oxygens (including phenoxy) is 3. The molecule has 2 aromatic carbocycles. The first-order valence-electron chi connectivity index (χ1n) is 11.5. The number of benzene rings is 2. The van der Waals surface area contributed by atoms with Gasteiger partial charge in [0.25, 0.3) is 0 Å². The Morgan fingerprint density at radius 1 is 1.09 bits per heavy atom. The van der Waals surface area contributed by atoms with Crippen LogP contribution in [0.1, 0.15) is 46.7 Å². The van der Waals surface area contributed by atoms with Gasteiger partial charge in [-0.2, -0.15) is 0 Å². The van der Waals surface area contributed by atoms with Crippen LogP contribution in [0.25, 0.3) is 10.9 Å². The Balaban J connectivity index is 1.69. The number of aryl methyl sites for hydroxylation is 1. The van der Waals surface area contributed by atoms with Gasteiger partial charge in [0.2, 0.25) is 6.10 Å². The van der Waals surface area contributed by atoms with Gasteiger partial charge in [-0.25, -0.2) is 9.59 Å². The summed E-state index contributed by atoms with van der Waals surface area (Å²) in [7, 11) is 0. The molecule has 3 heterocycles. The van der Waals surface area contributed by atoms with Gasteiger partial charge in [0.05, 0.1) is 36.5 Å². The number of ketones is 1. The van der Waals surface area contributed by atoms with Gasteiger partial charge < -0.3 is 23.7 Å². The quantitative estimate of drug-likeness (QED) is 0.516. The zero-order chi connectivity index (χ0) is 23.8. The summed E-state index contributed by atoms with van der Waals surface area (Å²) in [5.41, 5.74) is 3.32. The molecule has 1 aromatic heterocycles. The molecule has 0 aliphatic carbocycles. The van der Waals surface area contributed by atoms with Crippen LogP contribution in [-0.4, -0.2) is 48.2 Å². The molecule has 0 N–H and O–H groups in total. The smallest absolute Gasteiger partial charge is 0.354 e. The Hall–Kier alpha value is -3.81. The second-order valence-electron chi connectivity index (χ2n) is 8.34. The topological polar surface area (TPSA) is 87.1 Å². The molecule has 0 fully saturated rings. The van der Waals surface area contributed by atoms with E-state index in [4.69, 9.17) is 14.2 Å². The van der Waals surface area contributed by atoms with Crippen LogP contribution < -0.4 is 9.64 Å². The third-order valence-electron chi connectivity index (χ3n) is 6.18. The summed E-state index contributed by atoms with van der Waals surface area (Å²) in [5.74, 6) is -0.454. The number of rotatable bonds is 6. The van der Waals surface area contributed by atoms with Crippen molar-refractivity contribution in [2.24, 2.45) is 0 Å². The molecule has 0 saturated heterocycles. The Morgan fingerprint density at radius 2 is 1.85 bits per heavy atom. The van der Waals surface area contributed by atoms with Crippen LogP contribution in [0.4, 0.5) is 5.69 Å². The van der Waals surface area contributed by atoms with Crippen molar-refractivity contribution in [3.05, 3.63) is 59.3 Å². The van der Waals surface area contributed by atoms with Gasteiger partial charge in [-0.15, -0.1) is 0 Å². The van der Waals surface area contributed by atoms with E-state index in [2.05, 4.69) is 0 Å². The van der Waals surface area contributed by atoms with Crippen molar-refractivity contribution >= 4 is 34.3 Å². The molecule has 0 saturated carbocycles. The molecule has 0 amide bonds. The lowest BCUT2D eigenvalue weighted by Crippen LogP contribution is -2.45. The van der Waals surface area contributed by atoms with E-state index in [-0.39, 0.29) is 32.0 Å². The molecule has 34 heavy (non-hydrogen) atoms. The fourth-order valence-corrected chi connectivity index (χ4v) is 4.80. The van der Waals surface area contributed by atoms with Gasteiger partial charge in [0, 0.05) is 24.9 Å². The molecule has 1 atom stereocenters. The first-order valence-corrected chi connectivity index (χ1v) is 11.5. The molecule has 2 aliphatic rings. The van der Waals surface area contributed by atoms with E-state index in [1.54, 1.807) is 26.0 Å². The third-order valence-corrected chi connectivity index (χ3v) is 6.18. The van der Waals surface area contributed by atoms with E-state index in [9.17, 15) is 14.4 Å². The summed E-state index contributed by atoms with van der Waals surface area (Å²) in [5, 5.41) is 0.703. The average molecular weight is 463 g/mol. The van der Waals surface area contributed by atoms with Crippen LogP contribution in [0.2, 0.25) is 0 Å². The van der Waals surface area contributed by atoms with Crippen molar-refractivity contribution in [2.75, 3.05) is 24.7 Å². The molecule has 3 aromatic rings. The summed E-state index contributed by atoms with van der Waals surface area (Å²) in [4.78, 5) is 40.5. The van der Waals surface area contributed by atoms with Gasteiger partial charge in [0.1, 0.15) is 11.4 Å². The summed E-state index contributed by atoms with van der Waals surface area (Å²) in [6.07, 6.45) is -0.564. The zero-order valence-electron chi connectivity index (χ0n) is 19.2. The lowest BCUT2D eigenvalue weighted by Gasteiger charge is -2.37. The van der Waals surface area contributed by atoms with E-state index in [0.717, 1.165) is 5.56 Å². The average Bonchev–Trinajstić information content (AvgIpc) is 3.20. The molecular formula is C26H26N2O6. The van der Waals surface area contributed by atoms with Crippen LogP contribution in [0.3, 0.4) is 0 Å². The molecular weight excluding hydrogens is 436 g/mol. The number of hydrogen-bond acceptors (Lipinski definition) is 7. The molecule has 2 aliphatic heterocycles. The highest BCUT2D eigenvalue weighted by molar-refractivity contribution is 6.16. The number of carbonyl (C=O) groups is 3. The number of fused-ring (bicyclic) bond motifs is 2. The molecule has 5 rings (SSSR count). The minimum atomic E-state index is -0.828. The van der Waals surface area contributed by atoms with Crippen LogP contribution in [0.5, 0.6) is 5.75 Å². The van der Waals surface area contributed by atoms with Crippen molar-refractivity contribution in [2.45, 2.75) is 39.5 Å². The van der Waals surface area contributed by atoms with E-state index in [0.29, 0.717) is 46.7 Å². The first kappa shape index (κ1) is 22.0. The largest absolute Gasteiger partial charge is 0.475 e. The van der Waals surface area contributed by atoms with Gasteiger partial charge in [-0.1, -0.05) is 30.3 Å². The second kappa shape index (κ2) is 8.85. The Morgan fingerprint density at radius 3 is 2.59 bits per heavy atom. The Kier molecular flexibility index (Phi) is 5.73. The normalized spacial score (nSPS) is 16.7. The minimum absolute atomic E-state index is 0.0147. The predicted octanol–water partition coefficient (Wildman–Crippen LogP) is 3.74. The lowest BCUT2D eigenvalue weighted by molar-refractivity contribution is -0.151. The fourth-order valence-electron chi connectivity index (χ4n) is 4.80. The maximum atomic E-state index is 13.3. The second-order valence-corrected chi connectivity index (χ2v) is 8.34. The maximum absolute atomic E-state index is 13.3. The molecule has 8 nitrogen and oxygen atoms in total. The highest BCUT2D eigenvalue weighted by Gasteiger charge is 2.38. The minimum Gasteiger partial charge on any atom is -0.475 e. The number of esters is 2. The number of Topliss-reactive ketones (excluding diaryl/α,β-unsaturated/α-hetero) is 1. The van der Waals surface area contributed by atoms with Gasteiger partial charge in [-0.05, 0) is 31.5 Å². The van der Waals surface area contributed by atoms with Crippen molar-refractivity contribution in [3.8, 4) is 5.75 Å². The number of anilines is 1. The molecule has 1 unspecified atom stereocenters. The summed E-state index contributed by atoms with van der Waals surface area (Å²) < 4.78 is 18.4. The molecule has 0 radical (unpaired) electrons. The lowest BCUT2D eigenvalue weighted by atomic mass is 9.96. The molecule has 0 bridgehead atoms. The SMILES string of the molecule is CCOC(=O)c1cc2cc3c(c4c2n1CCC4=O)N(Cc1ccccc1)CC(C(=O)OCC)O3. The molecule has 176 valence electrons. The monoisotopic (exact) mass is 462 g/mol. The van der Waals surface area contributed by atoms with E-state index in [1.807, 2.05) is 39.8 Å². The van der Waals surface area contributed by atoms with Crippen molar-refractivity contribution in [3.63, 3.8) is 0 Å². The molecule has 0 spiro atoms. The van der Waals surface area contributed by atoms with Crippen molar-refractivity contribution in [1.29, 1.82) is 0 Å². The van der Waals surface area contributed by atoms with E-state index < -0.39 is 18.0 Å². The summed E-state index contributed by atoms with van der Waals surface area (Å²) in [6, 6.07) is 13.4. The van der Waals surface area contributed by atoms with Gasteiger partial charge in [-0.3, -0.25) is 4.79 Å². The number of nitrogens with zero attached hydrogens (tertiary/aromatic N) is 2. The number of carbonyl (C=O) groups excluding carboxylic acids is 3. The fraction of sp³-hybridized carbons (Fsp3) is 0.346. The van der Waals surface area contributed by atoms with Gasteiger partial charge >= 0.3 is 11.9 Å². The highest BCUT2D eigenvalue weighted by Crippen LogP contribution is 2.45. The van der Waals surface area contributed by atoms with E-state index >= 15 is 0 Å². The van der Waals surface area contributed by atoms with Gasteiger partial charge in [0.15, 0.2) is 5.78 Å². The maximum Gasteiger partial charge on any atom is 0.354 e. The Labute approximate surface area is 197 Å². The summed E-state index contributed by atoms with van der Waals surface area (Å²) in [6.45, 7) is 5.17. The number of hydrogen-bond donors (Lipinski definition) is 0. The molecule has 8 heteroatoms. The summed E-state index contributed by atoms with van der Waals surface area (Å²) >= 11 is 0. The van der Waals surface area contributed by atoms with Crippen LogP contribution in [-0.2, 0) is 27.4 Å². The zero-order valence-corrected chi connectivity index (χ0v) is 19.2. The van der Waals surface area contributed by atoms with Crippen molar-refractivity contribution < 1.29 is 28.6 Å². The number of aromatic nitrogens is 1. The van der Waals surface area contributed by atoms with Crippen LogP contribution in [0, 0.1) is 0 Å². The standard InChI is InChI=1S/C26H26N2O6/c1-3-32-25(30)18-12-17-13-20-24(22-19(29)10-11-28(18)23(17)22)27(14-16-8-6-5-7-9-16)15-21(34-20)26(31)33-4-2/h5-9,12-13,21H,3-4,10-11,14-15H2,1-2H3. The highest BCUT2D eigenvalue weighted by atomic mass is 16.6. The van der Waals surface area contributed by atoms with Crippen LogP contribution >= 0.6 is 0 Å². The van der Waals surface area contributed by atoms with Crippen LogP contribution in [0.15, 0.2) is 42.5 Å². The first-order chi connectivity index (χ1) is 16.5.